The van der Waals surface area contributed by atoms with E-state index in [0.29, 0.717) is 44.4 Å². The van der Waals surface area contributed by atoms with E-state index in [9.17, 15) is 4.79 Å². The van der Waals surface area contributed by atoms with Crippen molar-refractivity contribution in [3.8, 4) is 23.2 Å². The minimum atomic E-state index is -0.190. The molecule has 0 N–H and O–H groups in total. The largest absolute Gasteiger partial charge is 0.487 e. The van der Waals surface area contributed by atoms with Gasteiger partial charge in [-0.05, 0) is 72.7 Å². The minimum Gasteiger partial charge on any atom is -0.487 e. The maximum Gasteiger partial charge on any atom is 0.266 e. The van der Waals surface area contributed by atoms with Crippen LogP contribution in [0, 0.1) is 18.3 Å². The van der Waals surface area contributed by atoms with Gasteiger partial charge in [-0.3, -0.25) is 9.36 Å². The van der Waals surface area contributed by atoms with Gasteiger partial charge in [0.1, 0.15) is 23.9 Å². The zero-order valence-corrected chi connectivity index (χ0v) is 23.2. The summed E-state index contributed by atoms with van der Waals surface area (Å²) in [5.41, 5.74) is 4.85. The van der Waals surface area contributed by atoms with Crippen LogP contribution in [0.4, 0.5) is 0 Å². The van der Waals surface area contributed by atoms with Crippen LogP contribution in [-0.2, 0) is 6.61 Å². The second-order valence-corrected chi connectivity index (χ2v) is 10.0. The van der Waals surface area contributed by atoms with E-state index in [1.54, 1.807) is 57.9 Å². The topological polar surface area (TPSA) is 98.6 Å². The molecule has 42 heavy (non-hydrogen) atoms. The molecule has 8 nitrogen and oxygen atoms in total. The van der Waals surface area contributed by atoms with Gasteiger partial charge in [0.25, 0.3) is 5.56 Å². The lowest BCUT2D eigenvalue weighted by molar-refractivity contribution is 0.301. The van der Waals surface area contributed by atoms with Gasteiger partial charge in [-0.15, -0.1) is 5.10 Å². The molecule has 0 saturated heterocycles. The van der Waals surface area contributed by atoms with Crippen LogP contribution in [0.5, 0.6) is 5.75 Å². The van der Waals surface area contributed by atoms with E-state index >= 15 is 0 Å². The Hall–Kier alpha value is -5.52. The summed E-state index contributed by atoms with van der Waals surface area (Å²) >= 11 is 6.10. The number of ether oxygens (including phenoxy) is 1. The van der Waals surface area contributed by atoms with Crippen LogP contribution in [0.3, 0.4) is 0 Å². The maximum atomic E-state index is 13.8. The highest BCUT2D eigenvalue weighted by Gasteiger charge is 2.14. The fourth-order valence-electron chi connectivity index (χ4n) is 4.55. The molecule has 2 heterocycles. The molecule has 2 aromatic heterocycles. The Kier molecular flexibility index (Phi) is 7.33. The van der Waals surface area contributed by atoms with Crippen molar-refractivity contribution in [1.29, 1.82) is 5.26 Å². The second-order valence-electron chi connectivity index (χ2n) is 9.57. The number of nitriles is 1. The molecule has 6 rings (SSSR count). The molecule has 0 fully saturated rings. The number of aromatic nitrogens is 5. The number of aryl methyl sites for hydroxylation is 1. The molecule has 4 aromatic carbocycles. The zero-order valence-electron chi connectivity index (χ0n) is 22.5. The van der Waals surface area contributed by atoms with Gasteiger partial charge in [0.15, 0.2) is 0 Å². The predicted molar refractivity (Wildman–Crippen MR) is 163 cm³/mol. The van der Waals surface area contributed by atoms with Crippen molar-refractivity contribution < 1.29 is 4.74 Å². The van der Waals surface area contributed by atoms with Crippen molar-refractivity contribution in [1.82, 2.24) is 24.5 Å². The number of nitrogens with zero attached hydrogens (tertiary/aromatic N) is 6. The maximum absolute atomic E-state index is 13.8. The normalized spacial score (nSPS) is 11.2. The standard InChI is InChI=1S/C33H23ClN6O2/c1-22-5-2-10-30-32(22)36-31(16-15-23-11-13-24(19-35)14-12-23)40(33(30)41)28-8-4-9-29(18-28)42-21-26-20-39(38-37-26)27-7-3-6-25(34)17-27/h2-18,20H,21H2,1H3/b16-15+. The van der Waals surface area contributed by atoms with Gasteiger partial charge in [-0.2, -0.15) is 5.26 Å². The minimum absolute atomic E-state index is 0.180. The van der Waals surface area contributed by atoms with Crippen molar-refractivity contribution in [2.24, 2.45) is 0 Å². The summed E-state index contributed by atoms with van der Waals surface area (Å²) in [6.45, 7) is 2.11. The van der Waals surface area contributed by atoms with Crippen LogP contribution in [0.1, 0.15) is 28.2 Å². The van der Waals surface area contributed by atoms with Gasteiger partial charge in [0.05, 0.1) is 40.1 Å². The van der Waals surface area contributed by atoms with Gasteiger partial charge in [-0.1, -0.05) is 59.3 Å². The van der Waals surface area contributed by atoms with Crippen LogP contribution in [-0.4, -0.2) is 24.5 Å². The highest BCUT2D eigenvalue weighted by Crippen LogP contribution is 2.22. The molecule has 0 saturated carbocycles. The number of rotatable bonds is 7. The Balaban J connectivity index is 1.33. The number of hydrogen-bond acceptors (Lipinski definition) is 6. The molecular formula is C33H23ClN6O2. The molecule has 0 aliphatic carbocycles. The van der Waals surface area contributed by atoms with Crippen LogP contribution >= 0.6 is 11.6 Å². The van der Waals surface area contributed by atoms with Gasteiger partial charge in [0, 0.05) is 11.1 Å². The molecule has 0 aliphatic rings. The highest BCUT2D eigenvalue weighted by molar-refractivity contribution is 6.30. The van der Waals surface area contributed by atoms with Crippen LogP contribution in [0.25, 0.3) is 34.4 Å². The second kappa shape index (κ2) is 11.5. The molecule has 0 bridgehead atoms. The molecule has 0 spiro atoms. The van der Waals surface area contributed by atoms with Crippen molar-refractivity contribution in [2.45, 2.75) is 13.5 Å². The summed E-state index contributed by atoms with van der Waals surface area (Å²) in [5, 5.41) is 18.6. The average Bonchev–Trinajstić information content (AvgIpc) is 3.49. The third kappa shape index (κ3) is 5.55. The van der Waals surface area contributed by atoms with Crippen LogP contribution in [0.2, 0.25) is 5.02 Å². The van der Waals surface area contributed by atoms with E-state index in [1.165, 1.54) is 0 Å². The molecule has 0 unspecified atom stereocenters. The number of hydrogen-bond donors (Lipinski definition) is 0. The average molecular weight is 571 g/mol. The summed E-state index contributed by atoms with van der Waals surface area (Å²) in [6, 6.07) is 29.5. The number of halogens is 1. The third-order valence-corrected chi connectivity index (χ3v) is 6.90. The van der Waals surface area contributed by atoms with Gasteiger partial charge in [-0.25, -0.2) is 9.67 Å². The number of fused-ring (bicyclic) bond motifs is 1. The lowest BCUT2D eigenvalue weighted by Crippen LogP contribution is -2.22. The monoisotopic (exact) mass is 570 g/mol. The first-order valence-electron chi connectivity index (χ1n) is 13.1. The first-order valence-corrected chi connectivity index (χ1v) is 13.5. The molecule has 0 radical (unpaired) electrons. The summed E-state index contributed by atoms with van der Waals surface area (Å²) in [4.78, 5) is 18.7. The Labute approximate surface area is 246 Å². The van der Waals surface area contributed by atoms with Gasteiger partial charge < -0.3 is 4.74 Å². The molecule has 9 heteroatoms. The predicted octanol–water partition coefficient (Wildman–Crippen LogP) is 6.55. The number of benzene rings is 4. The Morgan fingerprint density at radius 1 is 0.952 bits per heavy atom. The summed E-state index contributed by atoms with van der Waals surface area (Å²) in [6.07, 6.45) is 5.45. The van der Waals surface area contributed by atoms with E-state index in [-0.39, 0.29) is 12.2 Å². The van der Waals surface area contributed by atoms with Crippen molar-refractivity contribution in [3.63, 3.8) is 0 Å². The smallest absolute Gasteiger partial charge is 0.266 e. The Morgan fingerprint density at radius 2 is 1.74 bits per heavy atom. The lowest BCUT2D eigenvalue weighted by atomic mass is 10.1. The lowest BCUT2D eigenvalue weighted by Gasteiger charge is -2.14. The molecule has 0 aliphatic heterocycles. The molecule has 6 aromatic rings. The molecule has 0 amide bonds. The van der Waals surface area contributed by atoms with E-state index in [0.717, 1.165) is 16.8 Å². The van der Waals surface area contributed by atoms with E-state index < -0.39 is 0 Å². The van der Waals surface area contributed by atoms with Crippen LogP contribution in [0.15, 0.2) is 102 Å². The van der Waals surface area contributed by atoms with Crippen LogP contribution < -0.4 is 10.3 Å². The van der Waals surface area contributed by atoms with E-state index in [2.05, 4.69) is 16.4 Å². The molecule has 0 atom stereocenters. The third-order valence-electron chi connectivity index (χ3n) is 6.67. The number of para-hydroxylation sites is 1. The fraction of sp³-hybridized carbons (Fsp3) is 0.0606. The van der Waals surface area contributed by atoms with Crippen molar-refractivity contribution >= 4 is 34.7 Å². The van der Waals surface area contributed by atoms with Crippen molar-refractivity contribution in [3.05, 3.63) is 141 Å². The zero-order chi connectivity index (χ0) is 29.1. The van der Waals surface area contributed by atoms with Gasteiger partial charge >= 0.3 is 0 Å². The molecule has 204 valence electrons. The van der Waals surface area contributed by atoms with E-state index in [4.69, 9.17) is 26.6 Å². The summed E-state index contributed by atoms with van der Waals surface area (Å²) in [7, 11) is 0. The SMILES string of the molecule is Cc1cccc2c(=O)n(-c3cccc(OCc4cn(-c5cccc(Cl)c5)nn4)c3)c(/C=C/c3ccc(C#N)cc3)nc12. The van der Waals surface area contributed by atoms with E-state index in [1.807, 2.05) is 67.6 Å². The Morgan fingerprint density at radius 3 is 2.55 bits per heavy atom. The first kappa shape index (κ1) is 26.7. The fourth-order valence-corrected chi connectivity index (χ4v) is 4.73. The quantitative estimate of drug-likeness (QED) is 0.216. The summed E-state index contributed by atoms with van der Waals surface area (Å²) < 4.78 is 9.25. The highest BCUT2D eigenvalue weighted by atomic mass is 35.5. The van der Waals surface area contributed by atoms with Gasteiger partial charge in [0.2, 0.25) is 0 Å². The summed E-state index contributed by atoms with van der Waals surface area (Å²) in [5.74, 6) is 1.02. The molecular weight excluding hydrogens is 548 g/mol. The first-order chi connectivity index (χ1) is 20.5. The van der Waals surface area contributed by atoms with Crippen molar-refractivity contribution in [2.75, 3.05) is 0 Å². The Bertz CT molecular complexity index is 2050.